The van der Waals surface area contributed by atoms with Gasteiger partial charge in [0.15, 0.2) is 0 Å². The summed E-state index contributed by atoms with van der Waals surface area (Å²) in [5.74, 6) is -0.869. The number of carboxylic acid groups (broad SMARTS) is 1. The number of aryl methyl sites for hydroxylation is 1. The summed E-state index contributed by atoms with van der Waals surface area (Å²) in [4.78, 5) is 10.8. The van der Waals surface area contributed by atoms with Gasteiger partial charge in [0, 0.05) is 0 Å². The van der Waals surface area contributed by atoms with Crippen molar-refractivity contribution in [1.29, 1.82) is 0 Å². The molecule has 63 valence electrons. The number of hydrogen-bond donors (Lipinski definition) is 1. The summed E-state index contributed by atoms with van der Waals surface area (Å²) in [6.45, 7) is 5.47. The largest absolute Gasteiger partial charge is 0.478 e. The van der Waals surface area contributed by atoms with Crippen molar-refractivity contribution in [3.05, 3.63) is 41.8 Å². The lowest BCUT2D eigenvalue weighted by Gasteiger charge is -2.05. The van der Waals surface area contributed by atoms with Gasteiger partial charge in [-0.3, -0.25) is 0 Å². The molecule has 2 nitrogen and oxygen atoms in total. The van der Waals surface area contributed by atoms with Crippen molar-refractivity contribution in [2.75, 3.05) is 0 Å². The summed E-state index contributed by atoms with van der Waals surface area (Å²) in [7, 11) is 0. The second kappa shape index (κ2) is 3.39. The van der Waals surface area contributed by atoms with Crippen LogP contribution in [-0.2, 0) is 6.42 Å². The quantitative estimate of drug-likeness (QED) is 0.724. The van der Waals surface area contributed by atoms with Gasteiger partial charge in [-0.1, -0.05) is 18.2 Å². The van der Waals surface area contributed by atoms with Crippen molar-refractivity contribution in [3.63, 3.8) is 0 Å². The molecule has 0 spiro atoms. The molecule has 0 saturated heterocycles. The van der Waals surface area contributed by atoms with Crippen LogP contribution in [0, 0.1) is 13.8 Å². The zero-order valence-electron chi connectivity index (χ0n) is 7.00. The van der Waals surface area contributed by atoms with Gasteiger partial charge >= 0.3 is 5.97 Å². The average Bonchev–Trinajstić information content (AvgIpc) is 2.03. The molecule has 1 radical (unpaired) electrons. The Labute approximate surface area is 71.8 Å². The van der Waals surface area contributed by atoms with E-state index < -0.39 is 5.97 Å². The highest BCUT2D eigenvalue weighted by Gasteiger charge is 2.10. The first-order chi connectivity index (χ1) is 5.66. The molecule has 12 heavy (non-hydrogen) atoms. The van der Waals surface area contributed by atoms with E-state index in [0.29, 0.717) is 12.0 Å². The predicted octanol–water partition coefficient (Wildman–Crippen LogP) is 2.07. The predicted molar refractivity (Wildman–Crippen MR) is 47.2 cm³/mol. The summed E-state index contributed by atoms with van der Waals surface area (Å²) in [6, 6.07) is 5.44. The molecule has 0 amide bonds. The SMILES string of the molecule is [CH2]Cc1cccc(C)c1C(=O)O. The minimum atomic E-state index is -0.869. The van der Waals surface area contributed by atoms with Gasteiger partial charge in [-0.2, -0.15) is 0 Å². The molecular weight excluding hydrogens is 152 g/mol. The Kier molecular flexibility index (Phi) is 2.48. The van der Waals surface area contributed by atoms with Crippen LogP contribution in [0.15, 0.2) is 18.2 Å². The smallest absolute Gasteiger partial charge is 0.336 e. The molecule has 0 atom stereocenters. The fraction of sp³-hybridized carbons (Fsp3) is 0.200. The van der Waals surface area contributed by atoms with Crippen LogP contribution in [0.4, 0.5) is 0 Å². The first kappa shape index (κ1) is 8.78. The molecule has 0 aliphatic rings. The van der Waals surface area contributed by atoms with Gasteiger partial charge < -0.3 is 5.11 Å². The summed E-state index contributed by atoms with van der Waals surface area (Å²) >= 11 is 0. The van der Waals surface area contributed by atoms with E-state index in [4.69, 9.17) is 5.11 Å². The van der Waals surface area contributed by atoms with E-state index in [0.717, 1.165) is 11.1 Å². The maximum Gasteiger partial charge on any atom is 0.336 e. The number of carbonyl (C=O) groups is 1. The fourth-order valence-corrected chi connectivity index (χ4v) is 1.24. The van der Waals surface area contributed by atoms with Crippen LogP contribution in [0.3, 0.4) is 0 Å². The highest BCUT2D eigenvalue weighted by molar-refractivity contribution is 5.91. The normalized spacial score (nSPS) is 9.83. The van der Waals surface area contributed by atoms with Crippen molar-refractivity contribution in [2.45, 2.75) is 13.3 Å². The van der Waals surface area contributed by atoms with Crippen molar-refractivity contribution in [2.24, 2.45) is 0 Å². The Bertz CT molecular complexity index is 303. The summed E-state index contributed by atoms with van der Waals surface area (Å²) in [6.07, 6.45) is 0.517. The van der Waals surface area contributed by atoms with Crippen molar-refractivity contribution in [1.82, 2.24) is 0 Å². The number of carboxylic acids is 1. The lowest BCUT2D eigenvalue weighted by Crippen LogP contribution is -2.04. The number of rotatable bonds is 2. The Morgan fingerprint density at radius 2 is 2.25 bits per heavy atom. The fourth-order valence-electron chi connectivity index (χ4n) is 1.24. The second-order valence-corrected chi connectivity index (χ2v) is 2.66. The van der Waals surface area contributed by atoms with E-state index in [2.05, 4.69) is 6.92 Å². The topological polar surface area (TPSA) is 37.3 Å². The first-order valence-electron chi connectivity index (χ1n) is 3.78. The van der Waals surface area contributed by atoms with E-state index in [1.807, 2.05) is 6.07 Å². The Morgan fingerprint density at radius 1 is 1.58 bits per heavy atom. The molecular formula is C10H11O2. The maximum absolute atomic E-state index is 10.8. The average molecular weight is 163 g/mol. The molecule has 0 bridgehead atoms. The van der Waals surface area contributed by atoms with Crippen LogP contribution in [0.2, 0.25) is 0 Å². The molecule has 0 fully saturated rings. The zero-order valence-corrected chi connectivity index (χ0v) is 7.00. The third-order valence-electron chi connectivity index (χ3n) is 1.84. The van der Waals surface area contributed by atoms with E-state index >= 15 is 0 Å². The van der Waals surface area contributed by atoms with Gasteiger partial charge in [0.05, 0.1) is 5.56 Å². The summed E-state index contributed by atoms with van der Waals surface area (Å²) in [5, 5.41) is 8.85. The Balaban J connectivity index is 3.29. The Hall–Kier alpha value is -1.31. The van der Waals surface area contributed by atoms with Gasteiger partial charge in [-0.25, -0.2) is 4.79 Å². The maximum atomic E-state index is 10.8. The van der Waals surface area contributed by atoms with Gasteiger partial charge in [-0.15, -0.1) is 0 Å². The minimum Gasteiger partial charge on any atom is -0.478 e. The van der Waals surface area contributed by atoms with Crippen LogP contribution < -0.4 is 0 Å². The van der Waals surface area contributed by atoms with Crippen molar-refractivity contribution in [3.8, 4) is 0 Å². The molecule has 2 heteroatoms. The van der Waals surface area contributed by atoms with E-state index in [-0.39, 0.29) is 0 Å². The zero-order chi connectivity index (χ0) is 9.14. The highest BCUT2D eigenvalue weighted by Crippen LogP contribution is 2.14. The molecule has 0 aliphatic heterocycles. The van der Waals surface area contributed by atoms with Crippen LogP contribution >= 0.6 is 0 Å². The first-order valence-corrected chi connectivity index (χ1v) is 3.78. The summed E-state index contributed by atoms with van der Waals surface area (Å²) in [5.41, 5.74) is 1.98. The molecule has 1 aromatic rings. The van der Waals surface area contributed by atoms with Crippen molar-refractivity contribution >= 4 is 5.97 Å². The molecule has 1 rings (SSSR count). The third kappa shape index (κ3) is 1.47. The molecule has 0 saturated carbocycles. The molecule has 0 aromatic heterocycles. The van der Waals surface area contributed by atoms with Crippen LogP contribution in [-0.4, -0.2) is 11.1 Å². The van der Waals surface area contributed by atoms with Crippen LogP contribution in [0.25, 0.3) is 0 Å². The number of benzene rings is 1. The molecule has 0 unspecified atom stereocenters. The number of hydrogen-bond acceptors (Lipinski definition) is 1. The molecule has 0 aliphatic carbocycles. The highest BCUT2D eigenvalue weighted by atomic mass is 16.4. The second-order valence-electron chi connectivity index (χ2n) is 2.66. The monoisotopic (exact) mass is 163 g/mol. The van der Waals surface area contributed by atoms with Gasteiger partial charge in [-0.05, 0) is 31.4 Å². The minimum absolute atomic E-state index is 0.396. The summed E-state index contributed by atoms with van der Waals surface area (Å²) < 4.78 is 0. The van der Waals surface area contributed by atoms with Crippen LogP contribution in [0.5, 0.6) is 0 Å². The molecule has 0 heterocycles. The molecule has 1 N–H and O–H groups in total. The van der Waals surface area contributed by atoms with Gasteiger partial charge in [0.1, 0.15) is 0 Å². The number of aromatic carboxylic acids is 1. The van der Waals surface area contributed by atoms with Crippen molar-refractivity contribution < 1.29 is 9.90 Å². The third-order valence-corrected chi connectivity index (χ3v) is 1.84. The van der Waals surface area contributed by atoms with E-state index in [9.17, 15) is 4.79 Å². The lowest BCUT2D eigenvalue weighted by atomic mass is 10.0. The van der Waals surface area contributed by atoms with Crippen LogP contribution in [0.1, 0.15) is 21.5 Å². The van der Waals surface area contributed by atoms with E-state index in [1.54, 1.807) is 19.1 Å². The van der Waals surface area contributed by atoms with Gasteiger partial charge in [0.25, 0.3) is 0 Å². The standard InChI is InChI=1S/C10H11O2/c1-3-8-6-4-5-7(2)9(8)10(11)12/h4-6H,1,3H2,2H3,(H,11,12). The van der Waals surface area contributed by atoms with Gasteiger partial charge in [0.2, 0.25) is 0 Å². The molecule has 1 aromatic carbocycles. The lowest BCUT2D eigenvalue weighted by molar-refractivity contribution is 0.0695. The Morgan fingerprint density at radius 3 is 2.67 bits per heavy atom. The van der Waals surface area contributed by atoms with E-state index in [1.165, 1.54) is 0 Å².